The highest BCUT2D eigenvalue weighted by atomic mass is 19.1. The van der Waals surface area contributed by atoms with Gasteiger partial charge in [0.2, 0.25) is 0 Å². The van der Waals surface area contributed by atoms with Crippen LogP contribution in [-0.4, -0.2) is 19.3 Å². The molecule has 16 heavy (non-hydrogen) atoms. The normalized spacial score (nSPS) is 24.0. The van der Waals surface area contributed by atoms with E-state index >= 15 is 0 Å². The van der Waals surface area contributed by atoms with Gasteiger partial charge >= 0.3 is 0 Å². The zero-order valence-electron chi connectivity index (χ0n) is 8.52. The molecule has 0 saturated carbocycles. The third-order valence-corrected chi connectivity index (χ3v) is 2.45. The van der Waals surface area contributed by atoms with Crippen LogP contribution in [0.15, 0.2) is 18.2 Å². The lowest BCUT2D eigenvalue weighted by atomic mass is 10.1. The van der Waals surface area contributed by atoms with E-state index in [0.29, 0.717) is 18.9 Å². The van der Waals surface area contributed by atoms with Crippen molar-refractivity contribution in [2.45, 2.75) is 6.10 Å². The minimum Gasteiger partial charge on any atom is -0.484 e. The Morgan fingerprint density at radius 1 is 1.50 bits per heavy atom. The molecule has 1 aliphatic heterocycles. The Morgan fingerprint density at radius 2 is 2.31 bits per heavy atom. The molecule has 0 aliphatic carbocycles. The van der Waals surface area contributed by atoms with Crippen molar-refractivity contribution in [3.8, 4) is 11.8 Å². The number of hydrogen-bond donors (Lipinski definition) is 1. The molecule has 2 N–H and O–H groups in total. The second-order valence-corrected chi connectivity index (χ2v) is 3.61. The minimum atomic E-state index is -0.420. The molecule has 0 radical (unpaired) electrons. The number of halogens is 1. The van der Waals surface area contributed by atoms with Gasteiger partial charge in [-0.25, -0.2) is 4.39 Å². The van der Waals surface area contributed by atoms with Crippen molar-refractivity contribution in [2.24, 2.45) is 5.92 Å². The average Bonchev–Trinajstić information content (AvgIpc) is 2.71. The van der Waals surface area contributed by atoms with E-state index < -0.39 is 5.82 Å². The summed E-state index contributed by atoms with van der Waals surface area (Å²) in [6.45, 7) is 0.671. The molecule has 1 heterocycles. The molecule has 1 unspecified atom stereocenters. The average molecular weight is 222 g/mol. The monoisotopic (exact) mass is 222 g/mol. The van der Waals surface area contributed by atoms with Gasteiger partial charge in [0.1, 0.15) is 23.6 Å². The van der Waals surface area contributed by atoms with Crippen LogP contribution >= 0.6 is 0 Å². The Labute approximate surface area is 92.4 Å². The second-order valence-electron chi connectivity index (χ2n) is 3.61. The highest BCUT2D eigenvalue weighted by molar-refractivity contribution is 5.52. The van der Waals surface area contributed by atoms with Gasteiger partial charge in [-0.15, -0.1) is 0 Å². The highest BCUT2D eigenvalue weighted by Crippen LogP contribution is 2.26. The summed E-state index contributed by atoms with van der Waals surface area (Å²) in [5.41, 5.74) is 5.99. The van der Waals surface area contributed by atoms with Crippen LogP contribution < -0.4 is 10.5 Å². The molecule has 0 aromatic heterocycles. The predicted molar refractivity (Wildman–Crippen MR) is 55.2 cm³/mol. The lowest BCUT2D eigenvalue weighted by Gasteiger charge is -2.16. The quantitative estimate of drug-likeness (QED) is 0.766. The van der Waals surface area contributed by atoms with Crippen LogP contribution in [0.5, 0.6) is 5.75 Å². The summed E-state index contributed by atoms with van der Waals surface area (Å²) < 4.78 is 23.6. The van der Waals surface area contributed by atoms with Crippen molar-refractivity contribution in [3.05, 3.63) is 24.0 Å². The molecule has 1 aliphatic rings. The molecule has 1 saturated heterocycles. The number of nitrogens with two attached hydrogens (primary N) is 1. The van der Waals surface area contributed by atoms with Gasteiger partial charge in [-0.05, 0) is 12.1 Å². The summed E-state index contributed by atoms with van der Waals surface area (Å²) in [6, 6.07) is 5.99. The zero-order valence-corrected chi connectivity index (χ0v) is 8.52. The first-order chi connectivity index (χ1) is 7.70. The van der Waals surface area contributed by atoms with E-state index in [0.717, 1.165) is 0 Å². The molecule has 0 bridgehead atoms. The summed E-state index contributed by atoms with van der Waals surface area (Å²) in [5, 5.41) is 8.82. The number of nitrogens with zero attached hydrogens (tertiary/aromatic N) is 1. The maximum absolute atomic E-state index is 13.0. The Morgan fingerprint density at radius 3 is 3.06 bits per heavy atom. The maximum Gasteiger partial charge on any atom is 0.145 e. The van der Waals surface area contributed by atoms with Crippen molar-refractivity contribution in [1.29, 1.82) is 5.26 Å². The fourth-order valence-corrected chi connectivity index (χ4v) is 1.54. The number of anilines is 1. The molecule has 0 amide bonds. The number of ether oxygens (including phenoxy) is 2. The molecule has 0 spiro atoms. The van der Waals surface area contributed by atoms with E-state index in [1.165, 1.54) is 18.2 Å². The summed E-state index contributed by atoms with van der Waals surface area (Å²) in [4.78, 5) is 0. The molecular formula is C11H11FN2O2. The van der Waals surface area contributed by atoms with E-state index in [-0.39, 0.29) is 17.8 Å². The fraction of sp³-hybridized carbons (Fsp3) is 0.364. The summed E-state index contributed by atoms with van der Waals surface area (Å²) in [7, 11) is 0. The molecule has 84 valence electrons. The zero-order chi connectivity index (χ0) is 11.5. The van der Waals surface area contributed by atoms with Crippen molar-refractivity contribution in [3.63, 3.8) is 0 Å². The second kappa shape index (κ2) is 4.37. The summed E-state index contributed by atoms with van der Waals surface area (Å²) in [6.07, 6.45) is -0.380. The Balaban J connectivity index is 2.14. The standard InChI is InChI=1S/C11H11FN2O2/c12-8-1-2-9(14)10(3-8)16-11-6-15-5-7(11)4-13/h1-3,7,11H,5-6,14H2/t7-,11?/m0/s1. The molecule has 2 rings (SSSR count). The third kappa shape index (κ3) is 2.07. The van der Waals surface area contributed by atoms with Crippen molar-refractivity contribution < 1.29 is 13.9 Å². The summed E-state index contributed by atoms with van der Waals surface area (Å²) >= 11 is 0. The van der Waals surface area contributed by atoms with Crippen LogP contribution in [0, 0.1) is 23.1 Å². The first kappa shape index (κ1) is 10.7. The van der Waals surface area contributed by atoms with Crippen LogP contribution in [0.2, 0.25) is 0 Å². The van der Waals surface area contributed by atoms with Gasteiger partial charge in [0.25, 0.3) is 0 Å². The fourth-order valence-electron chi connectivity index (χ4n) is 1.54. The van der Waals surface area contributed by atoms with Crippen LogP contribution in [0.3, 0.4) is 0 Å². The van der Waals surface area contributed by atoms with Crippen molar-refractivity contribution in [2.75, 3.05) is 18.9 Å². The Bertz CT molecular complexity index is 430. The molecular weight excluding hydrogens is 211 g/mol. The van der Waals surface area contributed by atoms with Gasteiger partial charge in [-0.3, -0.25) is 0 Å². The van der Waals surface area contributed by atoms with Gasteiger partial charge in [0, 0.05) is 6.07 Å². The lowest BCUT2D eigenvalue weighted by molar-refractivity contribution is 0.140. The van der Waals surface area contributed by atoms with E-state index in [2.05, 4.69) is 6.07 Å². The number of rotatable bonds is 2. The van der Waals surface area contributed by atoms with Gasteiger partial charge < -0.3 is 15.2 Å². The molecule has 4 nitrogen and oxygen atoms in total. The topological polar surface area (TPSA) is 68.3 Å². The SMILES string of the molecule is N#C[C@H]1COCC1Oc1cc(F)ccc1N. The van der Waals surface area contributed by atoms with Crippen LogP contribution in [0.4, 0.5) is 10.1 Å². The van der Waals surface area contributed by atoms with Crippen LogP contribution in [0.25, 0.3) is 0 Å². The predicted octanol–water partition coefficient (Wildman–Crippen LogP) is 1.33. The maximum atomic E-state index is 13.0. The van der Waals surface area contributed by atoms with Gasteiger partial charge in [0.05, 0.1) is 25.0 Å². The number of benzene rings is 1. The van der Waals surface area contributed by atoms with Crippen molar-refractivity contribution in [1.82, 2.24) is 0 Å². The minimum absolute atomic E-state index is 0.260. The summed E-state index contributed by atoms with van der Waals surface area (Å²) in [5.74, 6) is -0.491. The molecule has 1 fully saturated rings. The largest absolute Gasteiger partial charge is 0.484 e. The van der Waals surface area contributed by atoms with Crippen LogP contribution in [0.1, 0.15) is 0 Å². The Hall–Kier alpha value is -1.80. The number of hydrogen-bond acceptors (Lipinski definition) is 4. The van der Waals surface area contributed by atoms with E-state index in [1.807, 2.05) is 0 Å². The number of nitriles is 1. The van der Waals surface area contributed by atoms with Gasteiger partial charge in [-0.2, -0.15) is 5.26 Å². The molecule has 1 aromatic rings. The first-order valence-electron chi connectivity index (χ1n) is 4.89. The smallest absolute Gasteiger partial charge is 0.145 e. The van der Waals surface area contributed by atoms with E-state index in [4.69, 9.17) is 20.5 Å². The van der Waals surface area contributed by atoms with E-state index in [1.54, 1.807) is 0 Å². The van der Waals surface area contributed by atoms with Crippen molar-refractivity contribution >= 4 is 5.69 Å². The molecule has 5 heteroatoms. The van der Waals surface area contributed by atoms with E-state index in [9.17, 15) is 4.39 Å². The Kier molecular flexibility index (Phi) is 2.93. The van der Waals surface area contributed by atoms with Gasteiger partial charge in [0.15, 0.2) is 0 Å². The number of nitrogen functional groups attached to an aromatic ring is 1. The highest BCUT2D eigenvalue weighted by Gasteiger charge is 2.30. The van der Waals surface area contributed by atoms with Gasteiger partial charge in [-0.1, -0.05) is 0 Å². The lowest BCUT2D eigenvalue weighted by Crippen LogP contribution is -2.24. The first-order valence-corrected chi connectivity index (χ1v) is 4.89. The molecule has 1 aromatic carbocycles. The van der Waals surface area contributed by atoms with Crippen LogP contribution in [-0.2, 0) is 4.74 Å². The molecule has 2 atom stereocenters. The third-order valence-electron chi connectivity index (χ3n) is 2.45.